The zero-order valence-electron chi connectivity index (χ0n) is 19.6. The molecule has 2 aromatic carbocycles. The fraction of sp³-hybridized carbons (Fsp3) is 0.462. The fourth-order valence-corrected chi connectivity index (χ4v) is 3.98. The molecule has 0 aliphatic heterocycles. The Balaban J connectivity index is 2.37. The molecule has 1 unspecified atom stereocenters. The molecular weight excluding hydrogens is 431 g/mol. The molecule has 0 spiro atoms. The van der Waals surface area contributed by atoms with E-state index in [1.807, 2.05) is 27.7 Å². The molecule has 180 valence electrons. The highest BCUT2D eigenvalue weighted by molar-refractivity contribution is 5.95. The number of amides is 1. The highest BCUT2D eigenvalue weighted by atomic mass is 19.4. The molecule has 0 saturated carbocycles. The first-order valence-corrected chi connectivity index (χ1v) is 11.2. The normalized spacial score (nSPS) is 12.9. The van der Waals surface area contributed by atoms with E-state index in [0.717, 1.165) is 24.5 Å². The summed E-state index contributed by atoms with van der Waals surface area (Å²) >= 11 is 0. The van der Waals surface area contributed by atoms with Gasteiger partial charge in [-0.25, -0.2) is 4.79 Å². The van der Waals surface area contributed by atoms with Crippen molar-refractivity contribution >= 4 is 17.6 Å². The Kier molecular flexibility index (Phi) is 8.69. The summed E-state index contributed by atoms with van der Waals surface area (Å²) in [6.45, 7) is 7.82. The molecule has 4 nitrogen and oxygen atoms in total. The molecule has 2 N–H and O–H groups in total. The summed E-state index contributed by atoms with van der Waals surface area (Å²) < 4.78 is 40.9. The van der Waals surface area contributed by atoms with Crippen molar-refractivity contribution in [1.82, 2.24) is 0 Å². The smallest absolute Gasteiger partial charge is 0.416 e. The Labute approximate surface area is 193 Å². The van der Waals surface area contributed by atoms with Crippen LogP contribution in [0.1, 0.15) is 92.8 Å². The van der Waals surface area contributed by atoms with Crippen molar-refractivity contribution in [3.05, 3.63) is 64.7 Å². The molecule has 2 aromatic rings. The minimum absolute atomic E-state index is 0.0280. The lowest BCUT2D eigenvalue weighted by Crippen LogP contribution is -2.22. The van der Waals surface area contributed by atoms with Crippen LogP contribution in [0.3, 0.4) is 0 Å². The Morgan fingerprint density at radius 2 is 1.67 bits per heavy atom. The van der Waals surface area contributed by atoms with Gasteiger partial charge in [-0.2, -0.15) is 13.2 Å². The minimum atomic E-state index is -4.51. The first-order chi connectivity index (χ1) is 15.3. The number of carbonyl (C=O) groups is 2. The largest absolute Gasteiger partial charge is 0.478 e. The van der Waals surface area contributed by atoms with Gasteiger partial charge in [0.1, 0.15) is 0 Å². The SMILES string of the molecule is CCCCCC(CC(=O)Nc1cc(C(=O)O)ccc1C(C)(C)C)c1ccccc1C(F)(F)F. The molecule has 1 amide bonds. The lowest BCUT2D eigenvalue weighted by Gasteiger charge is -2.25. The summed E-state index contributed by atoms with van der Waals surface area (Å²) in [5, 5.41) is 12.1. The highest BCUT2D eigenvalue weighted by Gasteiger charge is 2.35. The Bertz CT molecular complexity index is 977. The van der Waals surface area contributed by atoms with Gasteiger partial charge in [0.2, 0.25) is 5.91 Å². The maximum atomic E-state index is 13.6. The number of benzene rings is 2. The number of halogens is 3. The quantitative estimate of drug-likeness (QED) is 0.381. The monoisotopic (exact) mass is 463 g/mol. The van der Waals surface area contributed by atoms with Gasteiger partial charge >= 0.3 is 12.1 Å². The number of rotatable bonds is 9. The van der Waals surface area contributed by atoms with E-state index in [2.05, 4.69) is 5.32 Å². The van der Waals surface area contributed by atoms with Crippen LogP contribution in [0.15, 0.2) is 42.5 Å². The number of carbonyl (C=O) groups excluding carboxylic acids is 1. The summed E-state index contributed by atoms with van der Waals surface area (Å²) in [5.41, 5.74) is 0.167. The van der Waals surface area contributed by atoms with Gasteiger partial charge < -0.3 is 10.4 Å². The topological polar surface area (TPSA) is 66.4 Å². The van der Waals surface area contributed by atoms with Gasteiger partial charge in [-0.3, -0.25) is 4.79 Å². The number of aromatic carboxylic acids is 1. The third-order valence-electron chi connectivity index (χ3n) is 5.64. The van der Waals surface area contributed by atoms with Crippen molar-refractivity contribution in [3.8, 4) is 0 Å². The number of hydrogen-bond donors (Lipinski definition) is 2. The lowest BCUT2D eigenvalue weighted by molar-refractivity contribution is -0.138. The Hall–Kier alpha value is -2.83. The van der Waals surface area contributed by atoms with E-state index in [4.69, 9.17) is 0 Å². The van der Waals surface area contributed by atoms with Crippen LogP contribution in [-0.4, -0.2) is 17.0 Å². The standard InChI is InChI=1S/C26H32F3NO3/c1-5-6-7-10-17(19-11-8-9-12-20(19)26(27,28)29)16-23(31)30-22-15-18(24(32)33)13-14-21(22)25(2,3)4/h8-9,11-15,17H,5-7,10,16H2,1-4H3,(H,30,31)(H,32,33). The molecule has 0 fully saturated rings. The van der Waals surface area contributed by atoms with Gasteiger partial charge in [0, 0.05) is 12.1 Å². The second-order valence-electron chi connectivity index (χ2n) is 9.35. The molecule has 0 heterocycles. The maximum Gasteiger partial charge on any atom is 0.416 e. The number of nitrogens with one attached hydrogen (secondary N) is 1. The summed E-state index contributed by atoms with van der Waals surface area (Å²) in [6.07, 6.45) is -1.70. The van der Waals surface area contributed by atoms with E-state index < -0.39 is 29.5 Å². The lowest BCUT2D eigenvalue weighted by atomic mass is 9.84. The molecule has 0 aliphatic rings. The van der Waals surface area contributed by atoms with Crippen molar-refractivity contribution in [3.63, 3.8) is 0 Å². The number of anilines is 1. The van der Waals surface area contributed by atoms with Crippen LogP contribution in [0.2, 0.25) is 0 Å². The van der Waals surface area contributed by atoms with Gasteiger partial charge in [-0.1, -0.05) is 71.2 Å². The maximum absolute atomic E-state index is 13.6. The van der Waals surface area contributed by atoms with Gasteiger partial charge in [-0.05, 0) is 47.1 Å². The summed E-state index contributed by atoms with van der Waals surface area (Å²) in [7, 11) is 0. The van der Waals surface area contributed by atoms with Crippen LogP contribution in [0.5, 0.6) is 0 Å². The zero-order chi connectivity index (χ0) is 24.8. The zero-order valence-corrected chi connectivity index (χ0v) is 19.6. The average Bonchev–Trinajstić information content (AvgIpc) is 2.71. The first kappa shape index (κ1) is 26.4. The Morgan fingerprint density at radius 1 is 1.00 bits per heavy atom. The molecular formula is C26H32F3NO3. The van der Waals surface area contributed by atoms with Crippen LogP contribution >= 0.6 is 0 Å². The predicted octanol–water partition coefficient (Wildman–Crippen LogP) is 7.39. The Morgan fingerprint density at radius 3 is 2.24 bits per heavy atom. The van der Waals surface area contributed by atoms with Crippen LogP contribution in [0.4, 0.5) is 18.9 Å². The van der Waals surface area contributed by atoms with Gasteiger partial charge in [0.25, 0.3) is 0 Å². The number of unbranched alkanes of at least 4 members (excludes halogenated alkanes) is 2. The number of alkyl halides is 3. The van der Waals surface area contributed by atoms with Crippen LogP contribution in [0, 0.1) is 0 Å². The van der Waals surface area contributed by atoms with E-state index in [9.17, 15) is 27.9 Å². The summed E-state index contributed by atoms with van der Waals surface area (Å²) in [4.78, 5) is 24.4. The molecule has 0 radical (unpaired) electrons. The first-order valence-electron chi connectivity index (χ1n) is 11.2. The minimum Gasteiger partial charge on any atom is -0.478 e. The molecule has 0 saturated heterocycles. The molecule has 7 heteroatoms. The van der Waals surface area contributed by atoms with Gasteiger partial charge in [0.15, 0.2) is 0 Å². The van der Waals surface area contributed by atoms with E-state index in [1.165, 1.54) is 24.3 Å². The summed E-state index contributed by atoms with van der Waals surface area (Å²) in [6, 6.07) is 9.94. The molecule has 2 rings (SSSR count). The van der Waals surface area contributed by atoms with E-state index in [1.54, 1.807) is 12.1 Å². The van der Waals surface area contributed by atoms with Crippen molar-refractivity contribution in [2.45, 2.75) is 77.3 Å². The van der Waals surface area contributed by atoms with Crippen molar-refractivity contribution in [1.29, 1.82) is 0 Å². The van der Waals surface area contributed by atoms with Gasteiger partial charge in [0.05, 0.1) is 11.1 Å². The molecule has 1 atom stereocenters. The molecule has 0 bridgehead atoms. The second kappa shape index (κ2) is 10.9. The van der Waals surface area contributed by atoms with Crippen LogP contribution in [0.25, 0.3) is 0 Å². The third kappa shape index (κ3) is 7.34. The predicted molar refractivity (Wildman–Crippen MR) is 124 cm³/mol. The van der Waals surface area contributed by atoms with Gasteiger partial charge in [-0.15, -0.1) is 0 Å². The number of carboxylic acid groups (broad SMARTS) is 1. The second-order valence-corrected chi connectivity index (χ2v) is 9.35. The van der Waals surface area contributed by atoms with Crippen molar-refractivity contribution < 1.29 is 27.9 Å². The molecule has 0 aliphatic carbocycles. The van der Waals surface area contributed by atoms with E-state index in [-0.39, 0.29) is 23.0 Å². The van der Waals surface area contributed by atoms with E-state index >= 15 is 0 Å². The average molecular weight is 464 g/mol. The fourth-order valence-electron chi connectivity index (χ4n) is 3.98. The van der Waals surface area contributed by atoms with Crippen LogP contribution < -0.4 is 5.32 Å². The molecule has 0 aromatic heterocycles. The highest BCUT2D eigenvalue weighted by Crippen LogP contribution is 2.38. The van der Waals surface area contributed by atoms with Crippen LogP contribution in [-0.2, 0) is 16.4 Å². The number of hydrogen-bond acceptors (Lipinski definition) is 2. The summed E-state index contributed by atoms with van der Waals surface area (Å²) in [5.74, 6) is -2.17. The van der Waals surface area contributed by atoms with E-state index in [0.29, 0.717) is 18.5 Å². The third-order valence-corrected chi connectivity index (χ3v) is 5.64. The number of carboxylic acids is 1. The van der Waals surface area contributed by atoms with Crippen molar-refractivity contribution in [2.24, 2.45) is 0 Å². The molecule has 33 heavy (non-hydrogen) atoms. The van der Waals surface area contributed by atoms with Crippen molar-refractivity contribution in [2.75, 3.05) is 5.32 Å².